The van der Waals surface area contributed by atoms with Crippen molar-refractivity contribution in [3.8, 4) is 23.0 Å². The standard InChI is InChI=1S/C19H23NO4.C17H21NO3/c1-21-14-3-2-11-10-13-12-4-5-19(22-8-9-23-19)17-18(12,6-7-20-13)15(11)16(14)24-17;1-21-14-5-2-10-8-13-12-4-3-11(19)9-17(12,6-7-18-13)15(10)16(14)20/h2-3,12-13,17,20H,4-10H2,1H3;2,5,12-13,18,20H,3-4,6-9H2,1H3. The Morgan fingerprint density at radius 1 is 0.844 bits per heavy atom. The number of ketones is 1. The molecule has 2 saturated carbocycles. The average Bonchev–Trinajstić information content (AvgIpc) is 3.65. The molecule has 7 unspecified atom stereocenters. The van der Waals surface area contributed by atoms with E-state index in [0.717, 1.165) is 75.1 Å². The fourth-order valence-corrected chi connectivity index (χ4v) is 11.4. The van der Waals surface area contributed by atoms with Crippen molar-refractivity contribution in [2.75, 3.05) is 40.5 Å². The highest BCUT2D eigenvalue weighted by molar-refractivity contribution is 5.82. The zero-order chi connectivity index (χ0) is 30.6. The first-order valence-corrected chi connectivity index (χ1v) is 17.0. The van der Waals surface area contributed by atoms with Gasteiger partial charge in [0.15, 0.2) is 29.1 Å². The zero-order valence-corrected chi connectivity index (χ0v) is 26.3. The number of benzene rings is 2. The number of ether oxygens (including phenoxy) is 5. The van der Waals surface area contributed by atoms with E-state index in [0.29, 0.717) is 61.5 Å². The number of nitrogens with one attached hydrogen (secondary N) is 2. The molecule has 2 aromatic rings. The second-order valence-corrected chi connectivity index (χ2v) is 14.5. The Morgan fingerprint density at radius 3 is 2.29 bits per heavy atom. The number of Topliss-reactive ketones (excluding diaryl/α,β-unsaturated/α-hetero) is 1. The van der Waals surface area contributed by atoms with Crippen LogP contribution in [0, 0.1) is 11.8 Å². The first kappa shape index (κ1) is 28.4. The largest absolute Gasteiger partial charge is 0.504 e. The fourth-order valence-electron chi connectivity index (χ4n) is 11.4. The van der Waals surface area contributed by atoms with Gasteiger partial charge in [-0.25, -0.2) is 0 Å². The lowest BCUT2D eigenvalue weighted by molar-refractivity contribution is -0.256. The van der Waals surface area contributed by atoms with E-state index in [-0.39, 0.29) is 22.7 Å². The summed E-state index contributed by atoms with van der Waals surface area (Å²) in [5.74, 6) is 3.39. The average molecular weight is 617 g/mol. The number of carbonyl (C=O) groups excluding carboxylic acids is 1. The Hall–Kier alpha value is -2.85. The van der Waals surface area contributed by atoms with E-state index < -0.39 is 5.79 Å². The van der Waals surface area contributed by atoms with Gasteiger partial charge < -0.3 is 39.4 Å². The van der Waals surface area contributed by atoms with Gasteiger partial charge in [0.25, 0.3) is 0 Å². The van der Waals surface area contributed by atoms with Crippen LogP contribution in [-0.4, -0.2) is 75.4 Å². The van der Waals surface area contributed by atoms with E-state index in [1.54, 1.807) is 14.2 Å². The van der Waals surface area contributed by atoms with Crippen LogP contribution in [0.25, 0.3) is 0 Å². The van der Waals surface area contributed by atoms with Gasteiger partial charge in [-0.05, 0) is 86.7 Å². The van der Waals surface area contributed by atoms with Crippen molar-refractivity contribution in [1.82, 2.24) is 10.6 Å². The monoisotopic (exact) mass is 616 g/mol. The molecular formula is C36H44N2O7. The van der Waals surface area contributed by atoms with Gasteiger partial charge in [-0.15, -0.1) is 0 Å². The lowest BCUT2D eigenvalue weighted by Crippen LogP contribution is -2.69. The zero-order valence-electron chi connectivity index (χ0n) is 26.3. The summed E-state index contributed by atoms with van der Waals surface area (Å²) in [6.45, 7) is 3.29. The smallest absolute Gasteiger partial charge is 0.206 e. The third-order valence-corrected chi connectivity index (χ3v) is 12.9. The first-order chi connectivity index (χ1) is 21.9. The Bertz CT molecular complexity index is 1550. The second kappa shape index (κ2) is 10.1. The molecule has 4 aliphatic carbocycles. The number of phenolic OH excluding ortho intramolecular Hbond substituents is 1. The summed E-state index contributed by atoms with van der Waals surface area (Å²) in [6.07, 6.45) is 8.23. The quantitative estimate of drug-likeness (QED) is 0.466. The molecule has 5 fully saturated rings. The van der Waals surface area contributed by atoms with Crippen LogP contribution in [-0.2, 0) is 37.9 Å². The van der Waals surface area contributed by atoms with Crippen molar-refractivity contribution in [2.24, 2.45) is 11.8 Å². The van der Waals surface area contributed by atoms with Crippen LogP contribution in [0.15, 0.2) is 24.3 Å². The molecule has 4 aliphatic heterocycles. The highest BCUT2D eigenvalue weighted by Gasteiger charge is 2.70. The van der Waals surface area contributed by atoms with E-state index in [9.17, 15) is 9.90 Å². The summed E-state index contributed by atoms with van der Waals surface area (Å²) >= 11 is 0. The molecule has 4 heterocycles. The number of carbonyl (C=O) groups is 1. The maximum atomic E-state index is 12.2. The van der Waals surface area contributed by atoms with E-state index in [1.165, 1.54) is 16.7 Å². The van der Waals surface area contributed by atoms with E-state index >= 15 is 0 Å². The minimum Gasteiger partial charge on any atom is -0.504 e. The predicted molar refractivity (Wildman–Crippen MR) is 165 cm³/mol. The first-order valence-electron chi connectivity index (χ1n) is 17.0. The number of piperidine rings is 2. The number of hydrogen-bond donors (Lipinski definition) is 3. The third-order valence-electron chi connectivity index (χ3n) is 12.9. The van der Waals surface area contributed by atoms with Gasteiger partial charge in [-0.3, -0.25) is 4.79 Å². The van der Waals surface area contributed by atoms with Crippen LogP contribution in [0.4, 0.5) is 0 Å². The fraction of sp³-hybridized carbons (Fsp3) is 0.639. The number of rotatable bonds is 2. The Morgan fingerprint density at radius 2 is 1.53 bits per heavy atom. The van der Waals surface area contributed by atoms with Crippen molar-refractivity contribution in [3.63, 3.8) is 0 Å². The van der Waals surface area contributed by atoms with E-state index in [1.807, 2.05) is 6.07 Å². The Kier molecular flexibility index (Phi) is 6.35. The van der Waals surface area contributed by atoms with Crippen LogP contribution in [0.3, 0.4) is 0 Å². The summed E-state index contributed by atoms with van der Waals surface area (Å²) in [7, 11) is 3.31. The maximum absolute atomic E-state index is 12.2. The highest BCUT2D eigenvalue weighted by Crippen LogP contribution is 2.65. The molecule has 3 N–H and O–H groups in total. The number of fused-ring (bicyclic) bond motifs is 2. The van der Waals surface area contributed by atoms with Crippen LogP contribution in [0.2, 0.25) is 0 Å². The summed E-state index contributed by atoms with van der Waals surface area (Å²) in [4.78, 5) is 12.2. The lowest BCUT2D eigenvalue weighted by atomic mass is 9.51. The van der Waals surface area contributed by atoms with Gasteiger partial charge in [0.05, 0.1) is 27.4 Å². The van der Waals surface area contributed by atoms with E-state index in [4.69, 9.17) is 23.7 Å². The van der Waals surface area contributed by atoms with Crippen molar-refractivity contribution < 1.29 is 33.6 Å². The van der Waals surface area contributed by atoms with Crippen LogP contribution in [0.5, 0.6) is 23.0 Å². The minimum atomic E-state index is -0.572. The topological polar surface area (TPSA) is 108 Å². The predicted octanol–water partition coefficient (Wildman–Crippen LogP) is 3.69. The van der Waals surface area contributed by atoms with Crippen LogP contribution in [0.1, 0.15) is 67.2 Å². The summed E-state index contributed by atoms with van der Waals surface area (Å²) < 4.78 is 30.0. The molecule has 2 spiro atoms. The van der Waals surface area contributed by atoms with Gasteiger partial charge in [-0.1, -0.05) is 12.1 Å². The molecule has 2 aromatic carbocycles. The molecule has 3 saturated heterocycles. The molecule has 240 valence electrons. The molecule has 0 aromatic heterocycles. The van der Waals surface area contributed by atoms with Crippen molar-refractivity contribution in [3.05, 3.63) is 46.5 Å². The van der Waals surface area contributed by atoms with Gasteiger partial charge in [0.2, 0.25) is 5.79 Å². The molecule has 7 atom stereocenters. The third kappa shape index (κ3) is 3.72. The Labute approximate surface area is 264 Å². The molecule has 0 radical (unpaired) electrons. The van der Waals surface area contributed by atoms with Crippen molar-refractivity contribution in [2.45, 2.75) is 92.6 Å². The number of hydrogen-bond acceptors (Lipinski definition) is 9. The molecule has 4 bridgehead atoms. The molecule has 0 amide bonds. The van der Waals surface area contributed by atoms with E-state index in [2.05, 4.69) is 28.8 Å². The molecule has 9 nitrogen and oxygen atoms in total. The van der Waals surface area contributed by atoms with Crippen molar-refractivity contribution >= 4 is 5.78 Å². The SMILES string of the molecule is COc1ccc2c(c1O)C13CCNC(C2)C1CCC(=O)C3.COc1ccc2c3c1OC1C4(CCC5C(C2)NCCC351)OCCO4. The Balaban J connectivity index is 0.000000126. The summed E-state index contributed by atoms with van der Waals surface area (Å²) in [5.41, 5.74) is 4.81. The second-order valence-electron chi connectivity index (χ2n) is 14.5. The highest BCUT2D eigenvalue weighted by atomic mass is 16.8. The van der Waals surface area contributed by atoms with Crippen molar-refractivity contribution in [1.29, 1.82) is 0 Å². The number of methoxy groups -OCH3 is 2. The van der Waals surface area contributed by atoms with Crippen LogP contribution < -0.4 is 24.8 Å². The maximum Gasteiger partial charge on any atom is 0.206 e. The van der Waals surface area contributed by atoms with Gasteiger partial charge in [0, 0.05) is 53.3 Å². The summed E-state index contributed by atoms with van der Waals surface area (Å²) in [6, 6.07) is 9.17. The lowest BCUT2D eigenvalue weighted by Gasteiger charge is -2.58. The molecular weight excluding hydrogens is 572 g/mol. The van der Waals surface area contributed by atoms with Gasteiger partial charge >= 0.3 is 0 Å². The summed E-state index contributed by atoms with van der Waals surface area (Å²) in [5, 5.41) is 18.1. The van der Waals surface area contributed by atoms with Gasteiger partial charge in [0.1, 0.15) is 5.78 Å². The minimum absolute atomic E-state index is 0.00988. The molecule has 9 heteroatoms. The van der Waals surface area contributed by atoms with Crippen LogP contribution >= 0.6 is 0 Å². The number of phenols is 1. The normalized spacial score (nSPS) is 37.4. The molecule has 8 aliphatic rings. The molecule has 45 heavy (non-hydrogen) atoms. The number of aromatic hydroxyl groups is 1. The van der Waals surface area contributed by atoms with Gasteiger partial charge in [-0.2, -0.15) is 0 Å². The molecule has 10 rings (SSSR count).